The molecule has 0 radical (unpaired) electrons. The second kappa shape index (κ2) is 8.40. The largest absolute Gasteiger partial charge is 0.318 e. The third kappa shape index (κ3) is 4.21. The molecular weight excluding hydrogens is 426 g/mol. The first-order valence-electron chi connectivity index (χ1n) is 10.1. The van der Waals surface area contributed by atoms with E-state index >= 15 is 0 Å². The van der Waals surface area contributed by atoms with Crippen molar-refractivity contribution < 1.29 is 4.79 Å². The summed E-state index contributed by atoms with van der Waals surface area (Å²) in [7, 11) is 0. The molecule has 1 aromatic heterocycles. The molecule has 0 spiro atoms. The van der Waals surface area contributed by atoms with Crippen LogP contribution in [-0.4, -0.2) is 15.6 Å². The second-order valence-corrected chi connectivity index (χ2v) is 9.23. The van der Waals surface area contributed by atoms with Crippen LogP contribution in [0.3, 0.4) is 0 Å². The normalized spacial score (nSPS) is 16.4. The van der Waals surface area contributed by atoms with Crippen LogP contribution in [0.5, 0.6) is 0 Å². The molecule has 3 aromatic rings. The van der Waals surface area contributed by atoms with Crippen molar-refractivity contribution in [2.75, 3.05) is 0 Å². The van der Waals surface area contributed by atoms with Crippen LogP contribution in [0, 0.1) is 34.6 Å². The summed E-state index contributed by atoms with van der Waals surface area (Å²) >= 11 is 7.54. The lowest BCUT2D eigenvalue weighted by Crippen LogP contribution is -2.19. The van der Waals surface area contributed by atoms with Gasteiger partial charge in [-0.25, -0.2) is 4.99 Å². The number of carbonyl (C=O) groups is 1. The van der Waals surface area contributed by atoms with Crippen molar-refractivity contribution in [1.29, 1.82) is 0 Å². The predicted octanol–water partition coefficient (Wildman–Crippen LogP) is 6.56. The van der Waals surface area contributed by atoms with Crippen LogP contribution in [0.25, 0.3) is 11.8 Å². The fourth-order valence-electron chi connectivity index (χ4n) is 3.64. The van der Waals surface area contributed by atoms with E-state index in [0.29, 0.717) is 15.1 Å². The first-order chi connectivity index (χ1) is 14.7. The zero-order chi connectivity index (χ0) is 22.3. The fraction of sp³-hybridized carbons (Fsp3) is 0.200. The maximum atomic E-state index is 12.6. The number of hydrogen-bond donors (Lipinski definition) is 1. The number of halogens is 1. The van der Waals surface area contributed by atoms with E-state index < -0.39 is 0 Å². The van der Waals surface area contributed by atoms with Crippen LogP contribution in [0.1, 0.15) is 33.6 Å². The number of amidine groups is 1. The summed E-state index contributed by atoms with van der Waals surface area (Å²) in [4.78, 5) is 17.8. The van der Waals surface area contributed by atoms with E-state index in [1.54, 1.807) is 0 Å². The molecule has 2 aromatic carbocycles. The number of amides is 1. The first-order valence-corrected chi connectivity index (χ1v) is 11.3. The third-order valence-electron chi connectivity index (χ3n) is 5.62. The molecule has 1 amide bonds. The van der Waals surface area contributed by atoms with Crippen molar-refractivity contribution >= 4 is 46.2 Å². The zero-order valence-corrected chi connectivity index (χ0v) is 19.8. The molecule has 4 nitrogen and oxygen atoms in total. The van der Waals surface area contributed by atoms with Gasteiger partial charge >= 0.3 is 0 Å². The first kappa shape index (κ1) is 21.5. The van der Waals surface area contributed by atoms with Crippen molar-refractivity contribution in [2.24, 2.45) is 4.99 Å². The monoisotopic (exact) mass is 449 g/mol. The molecule has 4 rings (SSSR count). The van der Waals surface area contributed by atoms with Crippen molar-refractivity contribution in [3.63, 3.8) is 0 Å². The highest BCUT2D eigenvalue weighted by Crippen LogP contribution is 2.32. The van der Waals surface area contributed by atoms with E-state index in [9.17, 15) is 4.79 Å². The second-order valence-electron chi connectivity index (χ2n) is 7.80. The van der Waals surface area contributed by atoms with Gasteiger partial charge in [-0.1, -0.05) is 23.7 Å². The summed E-state index contributed by atoms with van der Waals surface area (Å²) in [5.41, 5.74) is 8.54. The molecule has 0 atom stereocenters. The number of nitrogens with zero attached hydrogens (tertiary/aromatic N) is 2. The highest BCUT2D eigenvalue weighted by molar-refractivity contribution is 8.18. The van der Waals surface area contributed by atoms with E-state index in [2.05, 4.69) is 66.8 Å². The average Bonchev–Trinajstić information content (AvgIpc) is 3.20. The highest BCUT2D eigenvalue weighted by atomic mass is 35.5. The minimum Gasteiger partial charge on any atom is -0.318 e. The van der Waals surface area contributed by atoms with Gasteiger partial charge in [0.1, 0.15) is 0 Å². The van der Waals surface area contributed by atoms with Gasteiger partial charge in [0.15, 0.2) is 5.17 Å². The van der Waals surface area contributed by atoms with Gasteiger partial charge in [0, 0.05) is 22.1 Å². The number of aliphatic imine (C=N–C) groups is 1. The van der Waals surface area contributed by atoms with E-state index in [1.807, 2.05) is 31.2 Å². The number of carbonyl (C=O) groups excluding carboxylic acids is 1. The van der Waals surface area contributed by atoms with Crippen LogP contribution in [0.15, 0.2) is 52.4 Å². The Bertz CT molecular complexity index is 1270. The Labute approximate surface area is 192 Å². The van der Waals surface area contributed by atoms with E-state index in [1.165, 1.54) is 22.9 Å². The van der Waals surface area contributed by atoms with Crippen LogP contribution in [0.4, 0.5) is 5.69 Å². The lowest BCUT2D eigenvalue weighted by atomic mass is 10.1. The topological polar surface area (TPSA) is 46.4 Å². The Morgan fingerprint density at radius 3 is 2.55 bits per heavy atom. The SMILES string of the molecule is Cc1ccc(-n2c(C)cc(/C=C3\SC(=Nc4cccc(Cl)c4C)NC3=O)c2C)cc1C. The highest BCUT2D eigenvalue weighted by Gasteiger charge is 2.25. The van der Waals surface area contributed by atoms with Gasteiger partial charge in [-0.2, -0.15) is 0 Å². The Balaban J connectivity index is 1.66. The Hall–Kier alpha value is -2.76. The van der Waals surface area contributed by atoms with Crippen LogP contribution < -0.4 is 5.32 Å². The predicted molar refractivity (Wildman–Crippen MR) is 132 cm³/mol. The molecule has 1 aliphatic heterocycles. The smallest absolute Gasteiger partial charge is 0.264 e. The summed E-state index contributed by atoms with van der Waals surface area (Å²) < 4.78 is 2.22. The molecule has 0 bridgehead atoms. The maximum Gasteiger partial charge on any atom is 0.264 e. The zero-order valence-electron chi connectivity index (χ0n) is 18.2. The summed E-state index contributed by atoms with van der Waals surface area (Å²) in [5, 5.41) is 4.08. The molecule has 1 fully saturated rings. The van der Waals surface area contributed by atoms with E-state index in [-0.39, 0.29) is 5.91 Å². The van der Waals surface area contributed by atoms with Gasteiger partial charge < -0.3 is 9.88 Å². The molecular formula is C25H24ClN3OS. The number of thioether (sulfide) groups is 1. The minimum absolute atomic E-state index is 0.139. The molecule has 0 unspecified atom stereocenters. The molecule has 1 aliphatic rings. The van der Waals surface area contributed by atoms with Crippen molar-refractivity contribution in [1.82, 2.24) is 9.88 Å². The third-order valence-corrected chi connectivity index (χ3v) is 6.94. The maximum absolute atomic E-state index is 12.6. The number of hydrogen-bond acceptors (Lipinski definition) is 3. The van der Waals surface area contributed by atoms with E-state index in [0.717, 1.165) is 33.9 Å². The molecule has 31 heavy (non-hydrogen) atoms. The van der Waals surface area contributed by atoms with Gasteiger partial charge in [0.05, 0.1) is 10.6 Å². The number of nitrogens with one attached hydrogen (secondary N) is 1. The van der Waals surface area contributed by atoms with Crippen molar-refractivity contribution in [3.8, 4) is 5.69 Å². The van der Waals surface area contributed by atoms with Crippen LogP contribution >= 0.6 is 23.4 Å². The van der Waals surface area contributed by atoms with Gasteiger partial charge in [-0.15, -0.1) is 0 Å². The van der Waals surface area contributed by atoms with Gasteiger partial charge in [-0.3, -0.25) is 4.79 Å². The average molecular weight is 450 g/mol. The molecule has 0 aliphatic carbocycles. The molecule has 0 saturated carbocycles. The number of aryl methyl sites for hydroxylation is 3. The standard InChI is InChI=1S/C25H24ClN3OS/c1-14-9-10-20(11-15(14)2)29-16(3)12-19(18(29)5)13-23-24(30)28-25(31-23)27-22-8-6-7-21(26)17(22)4/h6-13H,1-5H3,(H,27,28,30)/b23-13-. The molecule has 1 N–H and O–H groups in total. The quantitative estimate of drug-likeness (QED) is 0.460. The Morgan fingerprint density at radius 1 is 1.03 bits per heavy atom. The van der Waals surface area contributed by atoms with Gasteiger partial charge in [0.25, 0.3) is 5.91 Å². The van der Waals surface area contributed by atoms with Crippen LogP contribution in [-0.2, 0) is 4.79 Å². The number of rotatable bonds is 3. The van der Waals surface area contributed by atoms with Gasteiger partial charge in [-0.05, 0) is 105 Å². The number of aromatic nitrogens is 1. The summed E-state index contributed by atoms with van der Waals surface area (Å²) in [6, 6.07) is 14.2. The Kier molecular flexibility index (Phi) is 5.82. The van der Waals surface area contributed by atoms with Crippen molar-refractivity contribution in [3.05, 3.63) is 86.0 Å². The molecule has 6 heteroatoms. The summed E-state index contributed by atoms with van der Waals surface area (Å²) in [6.45, 7) is 10.3. The summed E-state index contributed by atoms with van der Waals surface area (Å²) in [5.74, 6) is -0.139. The lowest BCUT2D eigenvalue weighted by molar-refractivity contribution is -0.115. The van der Waals surface area contributed by atoms with Gasteiger partial charge in [0.2, 0.25) is 0 Å². The van der Waals surface area contributed by atoms with Crippen LogP contribution in [0.2, 0.25) is 5.02 Å². The summed E-state index contributed by atoms with van der Waals surface area (Å²) in [6.07, 6.45) is 1.94. The number of benzene rings is 2. The Morgan fingerprint density at radius 2 is 1.81 bits per heavy atom. The lowest BCUT2D eigenvalue weighted by Gasteiger charge is -2.11. The fourth-order valence-corrected chi connectivity index (χ4v) is 4.64. The molecule has 158 valence electrons. The molecule has 1 saturated heterocycles. The van der Waals surface area contributed by atoms with E-state index in [4.69, 9.17) is 11.6 Å². The minimum atomic E-state index is -0.139. The molecule has 2 heterocycles. The van der Waals surface area contributed by atoms with Crippen molar-refractivity contribution in [2.45, 2.75) is 34.6 Å².